The van der Waals surface area contributed by atoms with Crippen LogP contribution in [0, 0.1) is 5.82 Å². The van der Waals surface area contributed by atoms with Gasteiger partial charge in [-0.3, -0.25) is 14.0 Å². The number of esters is 1. The highest BCUT2D eigenvalue weighted by Gasteiger charge is 2.20. The fourth-order valence-corrected chi connectivity index (χ4v) is 3.06. The summed E-state index contributed by atoms with van der Waals surface area (Å²) in [5.41, 5.74) is 0.802. The third-order valence-corrected chi connectivity index (χ3v) is 4.42. The van der Waals surface area contributed by atoms with Gasteiger partial charge in [0, 0.05) is 17.8 Å². The summed E-state index contributed by atoms with van der Waals surface area (Å²) < 4.78 is 19.9. The first kappa shape index (κ1) is 17.4. The molecule has 130 valence electrons. The second-order valence-corrected chi connectivity index (χ2v) is 6.53. The van der Waals surface area contributed by atoms with Gasteiger partial charge in [-0.15, -0.1) is 11.3 Å². The van der Waals surface area contributed by atoms with Crippen molar-refractivity contribution in [3.8, 4) is 0 Å². The summed E-state index contributed by atoms with van der Waals surface area (Å²) in [4.78, 5) is 29.1. The topological polar surface area (TPSA) is 72.7 Å². The van der Waals surface area contributed by atoms with Crippen molar-refractivity contribution in [3.63, 3.8) is 0 Å². The van der Waals surface area contributed by atoms with Crippen LogP contribution in [0.1, 0.15) is 12.6 Å². The van der Waals surface area contributed by atoms with E-state index in [1.807, 2.05) is 11.6 Å². The molecule has 1 amide bonds. The lowest BCUT2D eigenvalue weighted by molar-refractivity contribution is -0.152. The highest BCUT2D eigenvalue weighted by molar-refractivity contribution is 7.15. The number of imidazole rings is 1. The summed E-state index contributed by atoms with van der Waals surface area (Å²) in [5, 5.41) is 4.44. The minimum atomic E-state index is -1.03. The van der Waals surface area contributed by atoms with Gasteiger partial charge in [0.1, 0.15) is 5.82 Å². The Labute approximate surface area is 151 Å². The van der Waals surface area contributed by atoms with Gasteiger partial charge in [0.15, 0.2) is 11.1 Å². The number of hydrogen-bond acceptors (Lipinski definition) is 5. The number of hydrogen-bond donors (Lipinski definition) is 1. The molecule has 0 saturated carbocycles. The summed E-state index contributed by atoms with van der Waals surface area (Å²) in [6.07, 6.45) is 2.50. The molecule has 0 bridgehead atoms. The van der Waals surface area contributed by atoms with E-state index in [2.05, 4.69) is 10.3 Å². The molecule has 1 N–H and O–H groups in total. The van der Waals surface area contributed by atoms with E-state index in [-0.39, 0.29) is 17.1 Å². The summed E-state index contributed by atoms with van der Waals surface area (Å²) in [5.74, 6) is -1.64. The smallest absolute Gasteiger partial charge is 0.312 e. The molecule has 2 heterocycles. The van der Waals surface area contributed by atoms with Crippen molar-refractivity contribution in [2.24, 2.45) is 0 Å². The Balaban J connectivity index is 1.56. The lowest BCUT2D eigenvalue weighted by atomic mass is 10.3. The minimum Gasteiger partial charge on any atom is -0.452 e. The van der Waals surface area contributed by atoms with E-state index in [1.165, 1.54) is 30.4 Å². The van der Waals surface area contributed by atoms with Crippen LogP contribution >= 0.6 is 22.9 Å². The average molecular weight is 382 g/mol. The van der Waals surface area contributed by atoms with Gasteiger partial charge in [0.2, 0.25) is 0 Å². The molecule has 1 atom stereocenters. The van der Waals surface area contributed by atoms with E-state index in [0.29, 0.717) is 5.69 Å². The monoisotopic (exact) mass is 381 g/mol. The molecule has 9 heteroatoms. The number of rotatable bonds is 5. The first-order valence-electron chi connectivity index (χ1n) is 7.29. The van der Waals surface area contributed by atoms with Crippen LogP contribution in [0.15, 0.2) is 36.0 Å². The molecular weight excluding hydrogens is 369 g/mol. The molecule has 0 spiro atoms. The number of nitrogens with one attached hydrogen (secondary N) is 1. The standard InChI is InChI=1S/C16H13ClFN3O3S/c1-9(15(23)20-13-3-2-10(18)6-12(13)17)24-14(22)7-11-8-21-4-5-25-16(21)19-11/h2-6,8-9H,7H2,1H3,(H,20,23)/t9-/m1/s1. The molecule has 3 rings (SSSR count). The number of thiazole rings is 1. The van der Waals surface area contributed by atoms with E-state index in [1.54, 1.807) is 10.6 Å². The van der Waals surface area contributed by atoms with Crippen LogP contribution in [0.25, 0.3) is 4.96 Å². The number of aromatic nitrogens is 2. The van der Waals surface area contributed by atoms with Gasteiger partial charge in [-0.1, -0.05) is 11.6 Å². The quantitative estimate of drug-likeness (QED) is 0.688. The first-order chi connectivity index (χ1) is 11.9. The zero-order valence-corrected chi connectivity index (χ0v) is 14.6. The predicted octanol–water partition coefficient (Wildman–Crippen LogP) is 3.30. The summed E-state index contributed by atoms with van der Waals surface area (Å²) in [7, 11) is 0. The van der Waals surface area contributed by atoms with Crippen LogP contribution in [0.4, 0.5) is 10.1 Å². The van der Waals surface area contributed by atoms with Crippen LogP contribution in [-0.2, 0) is 20.7 Å². The number of carbonyl (C=O) groups is 2. The number of anilines is 1. The molecule has 0 aliphatic carbocycles. The van der Waals surface area contributed by atoms with Crippen LogP contribution in [-0.4, -0.2) is 27.4 Å². The highest BCUT2D eigenvalue weighted by atomic mass is 35.5. The summed E-state index contributed by atoms with van der Waals surface area (Å²) >= 11 is 7.30. The molecule has 6 nitrogen and oxygen atoms in total. The van der Waals surface area contributed by atoms with Crippen LogP contribution in [0.2, 0.25) is 5.02 Å². The Bertz CT molecular complexity index is 911. The average Bonchev–Trinajstić information content (AvgIpc) is 3.11. The number of fused-ring (bicyclic) bond motifs is 1. The Morgan fingerprint density at radius 3 is 3.00 bits per heavy atom. The third kappa shape index (κ3) is 4.15. The Morgan fingerprint density at radius 1 is 1.48 bits per heavy atom. The molecule has 0 fully saturated rings. The molecule has 2 aromatic heterocycles. The summed E-state index contributed by atoms with van der Waals surface area (Å²) in [6, 6.07) is 3.59. The number of ether oxygens (including phenoxy) is 1. The van der Waals surface area contributed by atoms with Crippen molar-refractivity contribution in [1.29, 1.82) is 0 Å². The number of amides is 1. The van der Waals surface area contributed by atoms with Crippen LogP contribution in [0.3, 0.4) is 0 Å². The Morgan fingerprint density at radius 2 is 2.28 bits per heavy atom. The van der Waals surface area contributed by atoms with Gasteiger partial charge < -0.3 is 10.1 Å². The van der Waals surface area contributed by atoms with Gasteiger partial charge in [-0.25, -0.2) is 9.37 Å². The second kappa shape index (κ2) is 7.20. The van der Waals surface area contributed by atoms with E-state index < -0.39 is 23.8 Å². The lowest BCUT2D eigenvalue weighted by Gasteiger charge is -2.14. The zero-order valence-electron chi connectivity index (χ0n) is 13.0. The van der Waals surface area contributed by atoms with E-state index in [0.717, 1.165) is 11.0 Å². The van der Waals surface area contributed by atoms with Crippen LogP contribution in [0.5, 0.6) is 0 Å². The van der Waals surface area contributed by atoms with Crippen LogP contribution < -0.4 is 5.32 Å². The van der Waals surface area contributed by atoms with Crippen molar-refractivity contribution >= 4 is 45.5 Å². The van der Waals surface area contributed by atoms with Crippen molar-refractivity contribution in [2.75, 3.05) is 5.32 Å². The maximum atomic E-state index is 13.0. The fraction of sp³-hybridized carbons (Fsp3) is 0.188. The lowest BCUT2D eigenvalue weighted by Crippen LogP contribution is -2.30. The maximum absolute atomic E-state index is 13.0. The summed E-state index contributed by atoms with van der Waals surface area (Å²) in [6.45, 7) is 1.44. The molecule has 0 saturated heterocycles. The number of benzene rings is 1. The molecule has 0 unspecified atom stereocenters. The first-order valence-corrected chi connectivity index (χ1v) is 8.54. The van der Waals surface area contributed by atoms with Gasteiger partial charge >= 0.3 is 5.97 Å². The van der Waals surface area contributed by atoms with Gasteiger partial charge in [-0.2, -0.15) is 0 Å². The largest absolute Gasteiger partial charge is 0.452 e. The minimum absolute atomic E-state index is 0.0384. The van der Waals surface area contributed by atoms with E-state index in [4.69, 9.17) is 16.3 Å². The number of carbonyl (C=O) groups excluding carboxylic acids is 2. The maximum Gasteiger partial charge on any atom is 0.312 e. The molecule has 3 aromatic rings. The predicted molar refractivity (Wildman–Crippen MR) is 92.4 cm³/mol. The van der Waals surface area contributed by atoms with Crippen molar-refractivity contribution in [1.82, 2.24) is 9.38 Å². The van der Waals surface area contributed by atoms with Crippen molar-refractivity contribution < 1.29 is 18.7 Å². The molecule has 0 aliphatic heterocycles. The van der Waals surface area contributed by atoms with Gasteiger partial charge in [0.05, 0.1) is 22.8 Å². The second-order valence-electron chi connectivity index (χ2n) is 5.25. The normalized spacial score (nSPS) is 12.1. The van der Waals surface area contributed by atoms with Gasteiger partial charge in [-0.05, 0) is 25.1 Å². The zero-order chi connectivity index (χ0) is 18.0. The molecule has 0 aliphatic rings. The van der Waals surface area contributed by atoms with Crippen molar-refractivity contribution in [2.45, 2.75) is 19.4 Å². The Hall–Kier alpha value is -2.45. The third-order valence-electron chi connectivity index (χ3n) is 3.34. The highest BCUT2D eigenvalue weighted by Crippen LogP contribution is 2.22. The number of nitrogens with zero attached hydrogens (tertiary/aromatic N) is 2. The van der Waals surface area contributed by atoms with Gasteiger partial charge in [0.25, 0.3) is 5.91 Å². The molecule has 25 heavy (non-hydrogen) atoms. The SMILES string of the molecule is C[C@@H](OC(=O)Cc1cn2ccsc2n1)C(=O)Nc1ccc(F)cc1Cl. The van der Waals surface area contributed by atoms with E-state index in [9.17, 15) is 14.0 Å². The number of halogens is 2. The molecule has 1 aromatic carbocycles. The molecular formula is C16H13ClFN3O3S. The molecule has 0 radical (unpaired) electrons. The Kier molecular flexibility index (Phi) is 5.00. The fourth-order valence-electron chi connectivity index (χ4n) is 2.13. The van der Waals surface area contributed by atoms with E-state index >= 15 is 0 Å². The van der Waals surface area contributed by atoms with Crippen molar-refractivity contribution in [3.05, 3.63) is 52.5 Å².